The van der Waals surface area contributed by atoms with Gasteiger partial charge in [-0.05, 0) is 34.7 Å². The van der Waals surface area contributed by atoms with Crippen molar-refractivity contribution in [2.45, 2.75) is 4.90 Å². The minimum atomic E-state index is -0.343. The molecule has 0 atom stereocenters. The minimum absolute atomic E-state index is 0.343. The summed E-state index contributed by atoms with van der Waals surface area (Å²) < 4.78 is 5.46. The maximum atomic E-state index is 11.2. The molecule has 0 N–H and O–H groups in total. The van der Waals surface area contributed by atoms with Gasteiger partial charge in [0.05, 0.1) is 12.7 Å². The number of carbonyl (C=O) groups excluding carboxylic acids is 1. The first-order chi connectivity index (χ1) is 5.66. The number of hydrogen-bond acceptors (Lipinski definition) is 3. The van der Waals surface area contributed by atoms with Crippen LogP contribution in [0.25, 0.3) is 0 Å². The van der Waals surface area contributed by atoms with Gasteiger partial charge in [0.1, 0.15) is 0 Å². The summed E-state index contributed by atoms with van der Waals surface area (Å²) in [6.07, 6.45) is 0. The van der Waals surface area contributed by atoms with E-state index in [-0.39, 0.29) is 5.97 Å². The predicted octanol–water partition coefficient (Wildman–Crippen LogP) is 2.37. The lowest BCUT2D eigenvalue weighted by molar-refractivity contribution is 0.0595. The predicted molar refractivity (Wildman–Crippen MR) is 57.8 cm³/mol. The normalized spacial score (nSPS) is 9.58. The lowest BCUT2D eigenvalue weighted by Gasteiger charge is -2.04. The van der Waals surface area contributed by atoms with Gasteiger partial charge in [-0.25, -0.2) is 4.79 Å². The van der Waals surface area contributed by atoms with Crippen molar-refractivity contribution in [2.24, 2.45) is 0 Å². The van der Waals surface area contributed by atoms with E-state index in [1.54, 1.807) is 6.07 Å². The van der Waals surface area contributed by atoms with Gasteiger partial charge in [0.2, 0.25) is 0 Å². The number of benzene rings is 1. The van der Waals surface area contributed by atoms with E-state index in [1.165, 1.54) is 7.11 Å². The summed E-state index contributed by atoms with van der Waals surface area (Å²) in [5.74, 6) is -0.343. The second kappa shape index (κ2) is 4.13. The highest BCUT2D eigenvalue weighted by Gasteiger charge is 2.12. The SMILES string of the molecule is COC(=O)c1c(S)cccc1I. The largest absolute Gasteiger partial charge is 0.465 e. The van der Waals surface area contributed by atoms with Crippen molar-refractivity contribution in [3.05, 3.63) is 27.3 Å². The number of thiol groups is 1. The van der Waals surface area contributed by atoms with Gasteiger partial charge in [0, 0.05) is 8.47 Å². The third-order valence-electron chi connectivity index (χ3n) is 1.38. The molecule has 0 unspecified atom stereocenters. The second-order valence-corrected chi connectivity index (χ2v) is 3.77. The van der Waals surface area contributed by atoms with Crippen LogP contribution in [0, 0.1) is 3.57 Å². The number of hydrogen-bond donors (Lipinski definition) is 1. The summed E-state index contributed by atoms with van der Waals surface area (Å²) in [7, 11) is 1.36. The van der Waals surface area contributed by atoms with Gasteiger partial charge in [-0.3, -0.25) is 0 Å². The molecule has 2 nitrogen and oxygen atoms in total. The summed E-state index contributed by atoms with van der Waals surface area (Å²) in [5.41, 5.74) is 0.531. The Morgan fingerprint density at radius 2 is 2.25 bits per heavy atom. The molecule has 0 spiro atoms. The molecule has 4 heteroatoms. The molecule has 0 aliphatic heterocycles. The van der Waals surface area contributed by atoms with Gasteiger partial charge in [0.25, 0.3) is 0 Å². The molecule has 0 aromatic heterocycles. The summed E-state index contributed by atoms with van der Waals surface area (Å²) in [6.45, 7) is 0. The van der Waals surface area contributed by atoms with Gasteiger partial charge in [-0.2, -0.15) is 0 Å². The monoisotopic (exact) mass is 294 g/mol. The van der Waals surface area contributed by atoms with E-state index in [9.17, 15) is 4.79 Å². The fraction of sp³-hybridized carbons (Fsp3) is 0.125. The van der Waals surface area contributed by atoms with Crippen molar-refractivity contribution in [1.29, 1.82) is 0 Å². The van der Waals surface area contributed by atoms with E-state index < -0.39 is 0 Å². The average Bonchev–Trinajstić information content (AvgIpc) is 2.03. The van der Waals surface area contributed by atoms with Crippen molar-refractivity contribution in [3.63, 3.8) is 0 Å². The van der Waals surface area contributed by atoms with Gasteiger partial charge >= 0.3 is 5.97 Å². The van der Waals surface area contributed by atoms with Crippen LogP contribution >= 0.6 is 35.2 Å². The van der Waals surface area contributed by atoms with E-state index >= 15 is 0 Å². The fourth-order valence-corrected chi connectivity index (χ4v) is 2.05. The Balaban J connectivity index is 3.21. The Kier molecular flexibility index (Phi) is 3.39. The molecule has 0 fully saturated rings. The van der Waals surface area contributed by atoms with E-state index in [2.05, 4.69) is 40.0 Å². The smallest absolute Gasteiger partial charge is 0.340 e. The first-order valence-corrected chi connectivity index (χ1v) is 4.75. The van der Waals surface area contributed by atoms with Gasteiger partial charge in [-0.1, -0.05) is 6.07 Å². The van der Waals surface area contributed by atoms with Crippen LogP contribution in [0.2, 0.25) is 0 Å². The van der Waals surface area contributed by atoms with E-state index in [0.717, 1.165) is 3.57 Å². The molecule has 0 aliphatic rings. The summed E-state index contributed by atoms with van der Waals surface area (Å²) in [6, 6.07) is 5.45. The van der Waals surface area contributed by atoms with Crippen LogP contribution < -0.4 is 0 Å². The maximum Gasteiger partial charge on any atom is 0.340 e. The van der Waals surface area contributed by atoms with Gasteiger partial charge in [0.15, 0.2) is 0 Å². The number of halogens is 1. The Bertz CT molecular complexity index is 292. The zero-order valence-corrected chi connectivity index (χ0v) is 9.43. The number of rotatable bonds is 1. The molecule has 0 aliphatic carbocycles. The molecule has 1 aromatic carbocycles. The van der Waals surface area contributed by atoms with E-state index in [4.69, 9.17) is 0 Å². The van der Waals surface area contributed by atoms with E-state index in [0.29, 0.717) is 10.5 Å². The fourth-order valence-electron chi connectivity index (χ4n) is 0.817. The van der Waals surface area contributed by atoms with E-state index in [1.807, 2.05) is 12.1 Å². The molecule has 0 radical (unpaired) electrons. The van der Waals surface area contributed by atoms with Crippen LogP contribution in [0.4, 0.5) is 0 Å². The first kappa shape index (κ1) is 9.85. The molecule has 0 saturated carbocycles. The molecular weight excluding hydrogens is 287 g/mol. The zero-order chi connectivity index (χ0) is 9.14. The van der Waals surface area contributed by atoms with Gasteiger partial charge in [-0.15, -0.1) is 12.6 Å². The number of carbonyl (C=O) groups is 1. The Morgan fingerprint density at radius 1 is 1.58 bits per heavy atom. The van der Waals surface area contributed by atoms with Crippen LogP contribution in [0.15, 0.2) is 23.1 Å². The third kappa shape index (κ3) is 1.92. The topological polar surface area (TPSA) is 26.3 Å². The standard InChI is InChI=1S/C8H7IO2S/c1-11-8(10)7-5(9)3-2-4-6(7)12/h2-4,12H,1H3. The summed E-state index contributed by atoms with van der Waals surface area (Å²) in [5, 5.41) is 0. The van der Waals surface area contributed by atoms with Crippen molar-refractivity contribution < 1.29 is 9.53 Å². The van der Waals surface area contributed by atoms with Crippen LogP contribution in [-0.4, -0.2) is 13.1 Å². The number of ether oxygens (including phenoxy) is 1. The van der Waals surface area contributed by atoms with Crippen LogP contribution in [0.1, 0.15) is 10.4 Å². The highest BCUT2D eigenvalue weighted by atomic mass is 127. The molecule has 0 heterocycles. The Hall–Kier alpha value is -0.230. The summed E-state index contributed by atoms with van der Waals surface area (Å²) in [4.78, 5) is 11.8. The van der Waals surface area contributed by atoms with Crippen LogP contribution in [0.3, 0.4) is 0 Å². The average molecular weight is 294 g/mol. The van der Waals surface area contributed by atoms with Crippen molar-refractivity contribution in [1.82, 2.24) is 0 Å². The second-order valence-electron chi connectivity index (χ2n) is 2.13. The zero-order valence-electron chi connectivity index (χ0n) is 6.37. The van der Waals surface area contributed by atoms with Crippen LogP contribution in [0.5, 0.6) is 0 Å². The van der Waals surface area contributed by atoms with Crippen molar-refractivity contribution >= 4 is 41.2 Å². The quantitative estimate of drug-likeness (QED) is 0.489. The third-order valence-corrected chi connectivity index (χ3v) is 2.65. The van der Waals surface area contributed by atoms with Gasteiger partial charge < -0.3 is 4.74 Å². The highest BCUT2D eigenvalue weighted by Crippen LogP contribution is 2.20. The first-order valence-electron chi connectivity index (χ1n) is 3.22. The molecule has 12 heavy (non-hydrogen) atoms. The van der Waals surface area contributed by atoms with Crippen molar-refractivity contribution in [2.75, 3.05) is 7.11 Å². The highest BCUT2D eigenvalue weighted by molar-refractivity contribution is 14.1. The molecule has 0 bridgehead atoms. The molecule has 0 amide bonds. The number of esters is 1. The minimum Gasteiger partial charge on any atom is -0.465 e. The lowest BCUT2D eigenvalue weighted by atomic mass is 10.2. The molecule has 1 rings (SSSR count). The summed E-state index contributed by atoms with van der Waals surface area (Å²) >= 11 is 6.23. The van der Waals surface area contributed by atoms with Crippen LogP contribution in [-0.2, 0) is 4.74 Å². The Morgan fingerprint density at radius 3 is 2.75 bits per heavy atom. The lowest BCUT2D eigenvalue weighted by Crippen LogP contribution is -2.04. The van der Waals surface area contributed by atoms with Crippen molar-refractivity contribution in [3.8, 4) is 0 Å². The number of methoxy groups -OCH3 is 1. The molecule has 0 saturated heterocycles. The maximum absolute atomic E-state index is 11.2. The Labute approximate surface area is 89.9 Å². The molecule has 64 valence electrons. The molecule has 1 aromatic rings. The molecular formula is C8H7IO2S.